The van der Waals surface area contributed by atoms with Crippen LogP contribution in [0, 0.1) is 0 Å². The van der Waals surface area contributed by atoms with Gasteiger partial charge in [0.25, 0.3) is 0 Å². The third kappa shape index (κ3) is 4.83. The molecule has 1 nitrogen and oxygen atoms in total. The van der Waals surface area contributed by atoms with Crippen LogP contribution in [0.4, 0.5) is 0 Å². The summed E-state index contributed by atoms with van der Waals surface area (Å²) in [6.07, 6.45) is 1.99. The number of rotatable bonds is 5. The highest BCUT2D eigenvalue weighted by Gasteiger charge is 2.03. The Hall–Kier alpha value is -0.0100. The van der Waals surface area contributed by atoms with Gasteiger partial charge in [-0.25, -0.2) is 0 Å². The summed E-state index contributed by atoms with van der Waals surface area (Å²) < 4.78 is 0. The van der Waals surface area contributed by atoms with Gasteiger partial charge in [-0.3, -0.25) is 0 Å². The first-order valence-corrected chi connectivity index (χ1v) is 4.15. The summed E-state index contributed by atoms with van der Waals surface area (Å²) in [4.78, 5) is 0. The monoisotopic (exact) mass is 161 g/mol. The van der Waals surface area contributed by atoms with Crippen molar-refractivity contribution in [1.82, 2.24) is 5.32 Å². The van der Waals surface area contributed by atoms with E-state index in [9.17, 15) is 0 Å². The molecule has 0 aromatic carbocycles. The molecule has 0 radical (unpaired) electrons. The molecule has 0 heterocycles. The standard InChI is InChI=1S/C8H16ClN/c1-4-8(10-5-2)6-7(3)9/h8,10H,3-6H2,1-2H3/t8-/m0/s1. The molecule has 0 unspecified atom stereocenters. The number of hydrogen-bond acceptors (Lipinski definition) is 1. The van der Waals surface area contributed by atoms with Crippen molar-refractivity contribution < 1.29 is 0 Å². The second-order valence-corrected chi connectivity index (χ2v) is 2.92. The van der Waals surface area contributed by atoms with Crippen LogP contribution in [0.3, 0.4) is 0 Å². The molecule has 0 fully saturated rings. The van der Waals surface area contributed by atoms with E-state index in [2.05, 4.69) is 25.7 Å². The maximum absolute atomic E-state index is 5.65. The quantitative estimate of drug-likeness (QED) is 0.654. The second kappa shape index (κ2) is 5.75. The number of halogens is 1. The highest BCUT2D eigenvalue weighted by molar-refractivity contribution is 6.29. The molecule has 1 atom stereocenters. The Morgan fingerprint density at radius 3 is 2.50 bits per heavy atom. The van der Waals surface area contributed by atoms with Crippen molar-refractivity contribution in [2.24, 2.45) is 0 Å². The zero-order chi connectivity index (χ0) is 7.98. The smallest absolute Gasteiger partial charge is 0.0124 e. The van der Waals surface area contributed by atoms with E-state index in [0.29, 0.717) is 6.04 Å². The SMILES string of the molecule is C=C(Cl)C[C@H](CC)NCC. The van der Waals surface area contributed by atoms with Gasteiger partial charge in [0.05, 0.1) is 0 Å². The van der Waals surface area contributed by atoms with Crippen LogP contribution in [-0.4, -0.2) is 12.6 Å². The molecule has 0 saturated heterocycles. The predicted molar refractivity (Wildman–Crippen MR) is 47.4 cm³/mol. The Morgan fingerprint density at radius 1 is 1.60 bits per heavy atom. The van der Waals surface area contributed by atoms with E-state index in [1.807, 2.05) is 0 Å². The fourth-order valence-electron chi connectivity index (χ4n) is 0.917. The second-order valence-electron chi connectivity index (χ2n) is 2.38. The van der Waals surface area contributed by atoms with Crippen LogP contribution in [0.5, 0.6) is 0 Å². The van der Waals surface area contributed by atoms with Crippen molar-refractivity contribution in [3.63, 3.8) is 0 Å². The average molecular weight is 162 g/mol. The van der Waals surface area contributed by atoms with Crippen molar-refractivity contribution in [3.8, 4) is 0 Å². The van der Waals surface area contributed by atoms with Crippen LogP contribution in [-0.2, 0) is 0 Å². The summed E-state index contributed by atoms with van der Waals surface area (Å²) in [6, 6.07) is 0.509. The summed E-state index contributed by atoms with van der Waals surface area (Å²) in [5, 5.41) is 4.06. The number of nitrogens with one attached hydrogen (secondary N) is 1. The van der Waals surface area contributed by atoms with Gasteiger partial charge in [0, 0.05) is 11.1 Å². The Kier molecular flexibility index (Phi) is 5.74. The lowest BCUT2D eigenvalue weighted by atomic mass is 10.1. The minimum atomic E-state index is 0.509. The van der Waals surface area contributed by atoms with Gasteiger partial charge in [-0.1, -0.05) is 32.0 Å². The third-order valence-electron chi connectivity index (χ3n) is 1.45. The first-order chi connectivity index (χ1) is 4.70. The first-order valence-electron chi connectivity index (χ1n) is 3.77. The molecule has 0 amide bonds. The normalized spacial score (nSPS) is 13.1. The minimum absolute atomic E-state index is 0.509. The molecule has 2 heteroatoms. The van der Waals surface area contributed by atoms with E-state index >= 15 is 0 Å². The van der Waals surface area contributed by atoms with Crippen molar-refractivity contribution in [3.05, 3.63) is 11.6 Å². The Labute approximate surface area is 68.5 Å². The van der Waals surface area contributed by atoms with Gasteiger partial charge in [-0.05, 0) is 19.4 Å². The Balaban J connectivity index is 3.49. The topological polar surface area (TPSA) is 12.0 Å². The molecule has 0 aromatic rings. The van der Waals surface area contributed by atoms with Gasteiger partial charge in [0.15, 0.2) is 0 Å². The molecule has 0 saturated carbocycles. The average Bonchev–Trinajstić information content (AvgIpc) is 1.86. The Bertz CT molecular complexity index is 101. The van der Waals surface area contributed by atoms with E-state index in [0.717, 1.165) is 24.4 Å². The van der Waals surface area contributed by atoms with Gasteiger partial charge < -0.3 is 5.32 Å². The molecule has 60 valence electrons. The fraction of sp³-hybridized carbons (Fsp3) is 0.750. The Morgan fingerprint density at radius 2 is 2.20 bits per heavy atom. The molecular weight excluding hydrogens is 146 g/mol. The van der Waals surface area contributed by atoms with E-state index in [1.165, 1.54) is 0 Å². The molecule has 0 bridgehead atoms. The molecule has 0 aromatic heterocycles. The summed E-state index contributed by atoms with van der Waals surface area (Å²) in [5.41, 5.74) is 0. The third-order valence-corrected chi connectivity index (χ3v) is 1.61. The van der Waals surface area contributed by atoms with Crippen LogP contribution >= 0.6 is 11.6 Å². The summed E-state index contributed by atoms with van der Waals surface area (Å²) >= 11 is 5.65. The lowest BCUT2D eigenvalue weighted by Gasteiger charge is -2.13. The van der Waals surface area contributed by atoms with Crippen LogP contribution in [0.15, 0.2) is 11.6 Å². The zero-order valence-corrected chi connectivity index (χ0v) is 7.54. The summed E-state index contributed by atoms with van der Waals surface area (Å²) in [7, 11) is 0. The maximum Gasteiger partial charge on any atom is 0.0124 e. The van der Waals surface area contributed by atoms with Gasteiger partial charge in [-0.15, -0.1) is 0 Å². The van der Waals surface area contributed by atoms with Crippen molar-refractivity contribution in [2.45, 2.75) is 32.7 Å². The van der Waals surface area contributed by atoms with Gasteiger partial charge in [0.1, 0.15) is 0 Å². The predicted octanol–water partition coefficient (Wildman–Crippen LogP) is 2.52. The molecule has 0 aliphatic rings. The minimum Gasteiger partial charge on any atom is -0.314 e. The van der Waals surface area contributed by atoms with Gasteiger partial charge in [0.2, 0.25) is 0 Å². The van der Waals surface area contributed by atoms with E-state index < -0.39 is 0 Å². The fourth-order valence-corrected chi connectivity index (χ4v) is 1.10. The maximum atomic E-state index is 5.65. The highest BCUT2D eigenvalue weighted by atomic mass is 35.5. The molecular formula is C8H16ClN. The lowest BCUT2D eigenvalue weighted by Crippen LogP contribution is -2.27. The van der Waals surface area contributed by atoms with Crippen LogP contribution in [0.1, 0.15) is 26.7 Å². The van der Waals surface area contributed by atoms with Gasteiger partial charge >= 0.3 is 0 Å². The molecule has 0 spiro atoms. The highest BCUT2D eigenvalue weighted by Crippen LogP contribution is 2.09. The molecule has 0 rings (SSSR count). The summed E-state index contributed by atoms with van der Waals surface area (Å²) in [5.74, 6) is 0. The largest absolute Gasteiger partial charge is 0.314 e. The molecule has 0 aliphatic heterocycles. The zero-order valence-electron chi connectivity index (χ0n) is 6.78. The lowest BCUT2D eigenvalue weighted by molar-refractivity contribution is 0.515. The van der Waals surface area contributed by atoms with Crippen LogP contribution in [0.2, 0.25) is 0 Å². The van der Waals surface area contributed by atoms with Crippen molar-refractivity contribution >= 4 is 11.6 Å². The summed E-state index contributed by atoms with van der Waals surface area (Å²) in [6.45, 7) is 8.90. The number of hydrogen-bond donors (Lipinski definition) is 1. The molecule has 0 aliphatic carbocycles. The first kappa shape index (κ1) is 9.99. The van der Waals surface area contributed by atoms with Crippen molar-refractivity contribution in [1.29, 1.82) is 0 Å². The molecule has 10 heavy (non-hydrogen) atoms. The van der Waals surface area contributed by atoms with Gasteiger partial charge in [-0.2, -0.15) is 0 Å². The molecule has 1 N–H and O–H groups in total. The van der Waals surface area contributed by atoms with Crippen LogP contribution < -0.4 is 5.32 Å². The van der Waals surface area contributed by atoms with E-state index in [4.69, 9.17) is 11.6 Å². The van der Waals surface area contributed by atoms with E-state index in [-0.39, 0.29) is 0 Å². The van der Waals surface area contributed by atoms with E-state index in [1.54, 1.807) is 0 Å². The van der Waals surface area contributed by atoms with Crippen LogP contribution in [0.25, 0.3) is 0 Å². The van der Waals surface area contributed by atoms with Crippen molar-refractivity contribution in [2.75, 3.05) is 6.54 Å².